The van der Waals surface area contributed by atoms with Crippen LogP contribution >= 0.6 is 22.7 Å². The number of phenolic OH excluding ortho intramolecular Hbond substituents is 1. The molecule has 6 aromatic rings. The van der Waals surface area contributed by atoms with Crippen molar-refractivity contribution < 1.29 is 29.5 Å². The van der Waals surface area contributed by atoms with Gasteiger partial charge in [-0.15, -0.1) is 22.7 Å². The lowest BCUT2D eigenvalue weighted by Gasteiger charge is -2.42. The van der Waals surface area contributed by atoms with Gasteiger partial charge in [-0.25, -0.2) is 0 Å². The first-order valence-electron chi connectivity index (χ1n) is 17.6. The van der Waals surface area contributed by atoms with Crippen LogP contribution in [0.15, 0.2) is 94.5 Å². The molecule has 0 saturated heterocycles. The van der Waals surface area contributed by atoms with Crippen LogP contribution in [0.2, 0.25) is 0 Å². The number of aromatic nitrogens is 2. The number of phenols is 1. The molecule has 1 atom stereocenters. The van der Waals surface area contributed by atoms with Crippen molar-refractivity contribution in [2.45, 2.75) is 62.8 Å². The topological polar surface area (TPSA) is 131 Å². The summed E-state index contributed by atoms with van der Waals surface area (Å²) in [5.41, 5.74) is 2.00. The van der Waals surface area contributed by atoms with E-state index in [4.69, 9.17) is 0 Å². The Bertz CT molecular complexity index is 2130. The molecule has 1 fully saturated rings. The van der Waals surface area contributed by atoms with E-state index < -0.39 is 17.5 Å². The van der Waals surface area contributed by atoms with E-state index in [1.54, 1.807) is 34.8 Å². The van der Waals surface area contributed by atoms with E-state index in [1.807, 2.05) is 35.0 Å². The lowest BCUT2D eigenvalue weighted by molar-refractivity contribution is -0.144. The van der Waals surface area contributed by atoms with Crippen molar-refractivity contribution in [3.8, 4) is 5.75 Å². The molecule has 1 aliphatic rings. The Hall–Kier alpha value is -4.40. The number of benzene rings is 2. The summed E-state index contributed by atoms with van der Waals surface area (Å²) in [5.74, 6) is -0.687. The first kappa shape index (κ1) is 39.8. The monoisotopic (exact) mass is 764 g/mol. The Labute approximate surface area is 314 Å². The Balaban J connectivity index is 0.00000271. The molecule has 4 heterocycles. The van der Waals surface area contributed by atoms with Crippen molar-refractivity contribution in [1.29, 1.82) is 0 Å². The number of thiophene rings is 2. The number of carbonyl (C=O) groups is 1. The van der Waals surface area contributed by atoms with E-state index in [0.717, 1.165) is 60.5 Å². The minimum absolute atomic E-state index is 0. The Morgan fingerprint density at radius 1 is 1.00 bits per heavy atom. The van der Waals surface area contributed by atoms with Gasteiger partial charge in [0.15, 0.2) is 0 Å². The third kappa shape index (κ3) is 7.95. The summed E-state index contributed by atoms with van der Waals surface area (Å²) < 4.78 is 2.31. The first-order valence-corrected chi connectivity index (χ1v) is 19.3. The van der Waals surface area contributed by atoms with Crippen LogP contribution in [0.4, 0.5) is 9.41 Å². The zero-order valence-corrected chi connectivity index (χ0v) is 31.1. The minimum atomic E-state index is -0.967. The van der Waals surface area contributed by atoms with Crippen molar-refractivity contribution >= 4 is 50.4 Å². The number of carboxylic acids is 1. The highest BCUT2D eigenvalue weighted by molar-refractivity contribution is 7.12. The molecular weight excluding hydrogens is 719 g/mol. The molecule has 1 saturated carbocycles. The van der Waals surface area contributed by atoms with Crippen LogP contribution in [0, 0.1) is 5.92 Å². The molecule has 5 N–H and O–H groups in total. The number of aromatic amines is 1. The smallest absolute Gasteiger partial charge is 0.320 e. The van der Waals surface area contributed by atoms with Gasteiger partial charge < -0.3 is 35.1 Å². The summed E-state index contributed by atoms with van der Waals surface area (Å²) in [6.07, 6.45) is 6.14. The number of nitrogens with zero attached hydrogens (tertiary/aromatic N) is 2. The van der Waals surface area contributed by atoms with E-state index >= 15 is 0 Å². The molecule has 0 radical (unpaired) electrons. The predicted molar refractivity (Wildman–Crippen MR) is 210 cm³/mol. The van der Waals surface area contributed by atoms with E-state index in [-0.39, 0.29) is 26.6 Å². The van der Waals surface area contributed by atoms with Crippen molar-refractivity contribution in [3.63, 3.8) is 0 Å². The van der Waals surface area contributed by atoms with Crippen molar-refractivity contribution in [1.82, 2.24) is 19.8 Å². The second-order valence-electron chi connectivity index (χ2n) is 13.7. The van der Waals surface area contributed by atoms with Gasteiger partial charge >= 0.3 is 5.97 Å². The first-order chi connectivity index (χ1) is 24.8. The Kier molecular flexibility index (Phi) is 12.9. The number of aromatic hydroxyl groups is 1. The molecule has 0 unspecified atom stereocenters. The lowest BCUT2D eigenvalue weighted by Crippen LogP contribution is -2.46. The summed E-state index contributed by atoms with van der Waals surface area (Å²) in [4.78, 5) is 31.8. The number of rotatable bonds is 14. The molecule has 13 heteroatoms. The maximum atomic E-state index is 13.0. The standard InChI is InChI=1S/C40H44N4O5S2.2FH/c1-43(29-10-8-28(9-11-29)40(39(48)49,35-5-2-21-50-35)36-6-3-22-51-36)18-4-19-44-20-17-27-23-26(7-14-32(27)44)24-41-25-34(46)30-12-15-33(45)38-31(30)13-16-37(47)42-38;;/h2-3,5-7,12-17,20-23,28-29,34,41,45-46H,4,8-11,18-19,24-25H2,1H3,(H,42,47)(H,48,49);2*1H/t28?,29?,34-;;/m0../s1. The molecule has 9 nitrogen and oxygen atoms in total. The van der Waals surface area contributed by atoms with Crippen LogP contribution in [0.25, 0.3) is 21.8 Å². The lowest BCUT2D eigenvalue weighted by atomic mass is 9.66. The number of nitrogens with one attached hydrogen (secondary N) is 2. The van der Waals surface area contributed by atoms with Gasteiger partial charge in [0.1, 0.15) is 11.2 Å². The van der Waals surface area contributed by atoms with Crippen LogP contribution in [-0.2, 0) is 23.3 Å². The molecule has 2 aromatic carbocycles. The fourth-order valence-electron chi connectivity index (χ4n) is 8.10. The molecule has 0 amide bonds. The van der Waals surface area contributed by atoms with Crippen molar-refractivity contribution in [2.24, 2.45) is 5.92 Å². The molecule has 0 spiro atoms. The number of fused-ring (bicyclic) bond motifs is 2. The van der Waals surface area contributed by atoms with E-state index in [0.29, 0.717) is 35.6 Å². The van der Waals surface area contributed by atoms with Gasteiger partial charge in [-0.2, -0.15) is 0 Å². The second kappa shape index (κ2) is 17.2. The highest BCUT2D eigenvalue weighted by atomic mass is 32.1. The number of carboxylic acid groups (broad SMARTS) is 1. The van der Waals surface area contributed by atoms with Gasteiger partial charge in [0, 0.05) is 58.6 Å². The van der Waals surface area contributed by atoms with Crippen LogP contribution < -0.4 is 10.9 Å². The summed E-state index contributed by atoms with van der Waals surface area (Å²) in [6, 6.07) is 23.2. The molecule has 282 valence electrons. The predicted octanol–water partition coefficient (Wildman–Crippen LogP) is 7.39. The van der Waals surface area contributed by atoms with Crippen molar-refractivity contribution in [2.75, 3.05) is 20.1 Å². The Morgan fingerprint density at radius 2 is 1.72 bits per heavy atom. The number of aliphatic hydroxyl groups is 1. The third-order valence-corrected chi connectivity index (χ3v) is 12.8. The largest absolute Gasteiger partial charge is 0.506 e. The molecular formula is C40H46F2N4O5S2. The molecule has 0 aliphatic heterocycles. The number of hydrogen-bond donors (Lipinski definition) is 5. The molecule has 1 aliphatic carbocycles. The zero-order chi connectivity index (χ0) is 35.5. The van der Waals surface area contributed by atoms with Gasteiger partial charge in [0.25, 0.3) is 0 Å². The van der Waals surface area contributed by atoms with Crippen LogP contribution in [0.1, 0.15) is 59.1 Å². The molecule has 53 heavy (non-hydrogen) atoms. The molecule has 4 aromatic heterocycles. The Morgan fingerprint density at radius 3 is 2.38 bits per heavy atom. The summed E-state index contributed by atoms with van der Waals surface area (Å²) in [7, 11) is 2.21. The van der Waals surface area contributed by atoms with E-state index in [1.165, 1.54) is 23.0 Å². The maximum absolute atomic E-state index is 13.0. The highest BCUT2D eigenvalue weighted by Crippen LogP contribution is 2.49. The van der Waals surface area contributed by atoms with Gasteiger partial charge in [-0.1, -0.05) is 24.3 Å². The zero-order valence-electron chi connectivity index (χ0n) is 29.4. The van der Waals surface area contributed by atoms with E-state index in [2.05, 4.69) is 57.3 Å². The maximum Gasteiger partial charge on any atom is 0.320 e. The van der Waals surface area contributed by atoms with Crippen molar-refractivity contribution in [3.05, 3.63) is 121 Å². The number of aliphatic carboxylic acids is 1. The summed E-state index contributed by atoms with van der Waals surface area (Å²) >= 11 is 3.12. The number of H-pyrrole nitrogens is 1. The quantitative estimate of drug-likeness (QED) is 0.0782. The van der Waals surface area contributed by atoms with Gasteiger partial charge in [-0.05, 0) is 121 Å². The van der Waals surface area contributed by atoms with Crippen LogP contribution in [0.3, 0.4) is 0 Å². The van der Waals surface area contributed by atoms with E-state index in [9.17, 15) is 24.9 Å². The SMILES string of the molecule is CN(CCCn1ccc2cc(CNC[C@H](O)c3ccc(O)c4[nH]c(=O)ccc34)ccc21)C1CCC(C(C(=O)O)(c2cccs2)c2cccs2)CC1.F.F. The number of hydrogen-bond acceptors (Lipinski definition) is 8. The third-order valence-electron chi connectivity index (χ3n) is 10.8. The van der Waals surface area contributed by atoms with Gasteiger partial charge in [-0.3, -0.25) is 19.0 Å². The second-order valence-corrected chi connectivity index (χ2v) is 15.6. The molecule has 7 rings (SSSR count). The van der Waals surface area contributed by atoms with Crippen LogP contribution in [-0.4, -0.2) is 61.9 Å². The fourth-order valence-corrected chi connectivity index (χ4v) is 10.2. The number of halogens is 2. The summed E-state index contributed by atoms with van der Waals surface area (Å²) in [5, 5.41) is 40.9. The average molecular weight is 765 g/mol. The fraction of sp³-hybridized carbons (Fsp3) is 0.350. The van der Waals surface area contributed by atoms with Gasteiger partial charge in [0.2, 0.25) is 5.56 Å². The normalized spacial score (nSPS) is 16.7. The van der Waals surface area contributed by atoms with Gasteiger partial charge in [0.05, 0.1) is 11.6 Å². The highest BCUT2D eigenvalue weighted by Gasteiger charge is 2.51. The van der Waals surface area contributed by atoms with Crippen LogP contribution in [0.5, 0.6) is 5.75 Å². The summed E-state index contributed by atoms with van der Waals surface area (Å²) in [6.45, 7) is 2.80. The molecule has 0 bridgehead atoms. The number of aryl methyl sites for hydroxylation is 1. The number of aliphatic hydroxyl groups excluding tert-OH is 1. The minimum Gasteiger partial charge on any atom is -0.506 e. The number of pyridine rings is 1. The average Bonchev–Trinajstić information content (AvgIpc) is 3.93.